The molecule has 0 radical (unpaired) electrons. The SMILES string of the molecule is COc1cc(-c2ccc(NC(=O)[C@@]34CC[C@@](C)([C@@H](O)C3)C4(C)C)c(OC)c2)ccc1NC(=O)[C@@]12CC[C@@](C)([C@@H](O)C1)C2(C)C. The number of hydrogen-bond acceptors (Lipinski definition) is 6. The van der Waals surface area contributed by atoms with Gasteiger partial charge in [-0.05, 0) is 95.6 Å². The van der Waals surface area contributed by atoms with Crippen LogP contribution in [0.4, 0.5) is 11.4 Å². The van der Waals surface area contributed by atoms with E-state index in [9.17, 15) is 19.8 Å². The molecule has 0 aliphatic heterocycles. The normalized spacial score (nSPS) is 35.9. The number of nitrogens with one attached hydrogen (secondary N) is 2. The summed E-state index contributed by atoms with van der Waals surface area (Å²) in [6.07, 6.45) is 3.07. The van der Waals surface area contributed by atoms with Gasteiger partial charge in [-0.15, -0.1) is 0 Å². The van der Waals surface area contributed by atoms with Gasteiger partial charge in [-0.1, -0.05) is 53.7 Å². The molecule has 2 aromatic rings. The lowest BCUT2D eigenvalue weighted by Gasteiger charge is -2.40. The van der Waals surface area contributed by atoms with E-state index < -0.39 is 23.0 Å². The molecular formula is C36H48N2O6. The largest absolute Gasteiger partial charge is 0.495 e. The molecule has 8 heteroatoms. The number of carbonyl (C=O) groups excluding carboxylic acids is 2. The Hall–Kier alpha value is -3.10. The van der Waals surface area contributed by atoms with Crippen LogP contribution in [-0.4, -0.2) is 48.5 Å². The molecule has 6 atom stereocenters. The Bertz CT molecular complexity index is 1420. The van der Waals surface area contributed by atoms with Crippen molar-refractivity contribution in [1.82, 2.24) is 0 Å². The first-order chi connectivity index (χ1) is 20.5. The van der Waals surface area contributed by atoms with Crippen molar-refractivity contribution in [3.8, 4) is 22.6 Å². The van der Waals surface area contributed by atoms with Crippen LogP contribution in [0, 0.1) is 32.5 Å². The van der Waals surface area contributed by atoms with Gasteiger partial charge < -0.3 is 30.3 Å². The Balaban J connectivity index is 1.23. The standard InChI is InChI=1S/C36H48N2O6/c1-31(2)33(5)13-15-35(31,19-27(33)39)29(41)37-23-11-9-21(17-25(23)43-7)22-10-12-24(26(18-22)44-8)38-30(42)36-16-14-34(6,28(40)20-36)32(36,3)4/h9-12,17-18,27-28,39-40H,13-16,19-20H2,1-8H3,(H,37,41)(H,38,42)/t27-,28-,33-,34-,35+,36+/m0/s1. The van der Waals surface area contributed by atoms with Crippen molar-refractivity contribution < 1.29 is 29.3 Å². The summed E-state index contributed by atoms with van der Waals surface area (Å²) >= 11 is 0. The van der Waals surface area contributed by atoms with Crippen LogP contribution in [0.25, 0.3) is 11.1 Å². The molecule has 0 saturated heterocycles. The summed E-state index contributed by atoms with van der Waals surface area (Å²) in [6.45, 7) is 12.6. The van der Waals surface area contributed by atoms with Crippen LogP contribution < -0.4 is 20.1 Å². The number of benzene rings is 2. The predicted octanol–water partition coefficient (Wildman–Crippen LogP) is 6.40. The molecule has 6 rings (SSSR count). The average Bonchev–Trinajstić information content (AvgIpc) is 3.45. The van der Waals surface area contributed by atoms with Gasteiger partial charge in [-0.3, -0.25) is 9.59 Å². The third-order valence-corrected chi connectivity index (χ3v) is 14.0. The molecule has 238 valence electrons. The van der Waals surface area contributed by atoms with Gasteiger partial charge in [0.05, 0.1) is 48.6 Å². The highest BCUT2D eigenvalue weighted by atomic mass is 16.5. The minimum Gasteiger partial charge on any atom is -0.495 e. The number of aliphatic hydroxyl groups is 2. The van der Waals surface area contributed by atoms with E-state index in [0.29, 0.717) is 35.7 Å². The highest BCUT2D eigenvalue weighted by Gasteiger charge is 2.73. The van der Waals surface area contributed by atoms with E-state index in [4.69, 9.17) is 9.47 Å². The van der Waals surface area contributed by atoms with Crippen molar-refractivity contribution in [2.45, 2.75) is 92.3 Å². The predicted molar refractivity (Wildman–Crippen MR) is 171 cm³/mol. The fraction of sp³-hybridized carbons (Fsp3) is 0.611. The van der Waals surface area contributed by atoms with E-state index in [1.807, 2.05) is 36.4 Å². The summed E-state index contributed by atoms with van der Waals surface area (Å²) in [7, 11) is 3.16. The summed E-state index contributed by atoms with van der Waals surface area (Å²) in [4.78, 5) is 27.6. The number of aliphatic hydroxyl groups excluding tert-OH is 2. The molecule has 4 fully saturated rings. The molecule has 4 saturated carbocycles. The number of rotatable bonds is 7. The van der Waals surface area contributed by atoms with Gasteiger partial charge in [0.25, 0.3) is 0 Å². The maximum Gasteiger partial charge on any atom is 0.231 e. The number of carbonyl (C=O) groups is 2. The maximum absolute atomic E-state index is 13.8. The van der Waals surface area contributed by atoms with E-state index in [2.05, 4.69) is 52.2 Å². The zero-order valence-corrected chi connectivity index (χ0v) is 27.4. The molecule has 4 N–H and O–H groups in total. The Labute approximate surface area is 260 Å². The monoisotopic (exact) mass is 604 g/mol. The van der Waals surface area contributed by atoms with E-state index >= 15 is 0 Å². The first-order valence-electron chi connectivity index (χ1n) is 15.9. The molecule has 0 unspecified atom stereocenters. The van der Waals surface area contributed by atoms with Gasteiger partial charge in [0.1, 0.15) is 11.5 Å². The van der Waals surface area contributed by atoms with Crippen molar-refractivity contribution in [2.24, 2.45) is 32.5 Å². The molecule has 2 amide bonds. The van der Waals surface area contributed by atoms with Crippen LogP contribution in [0.15, 0.2) is 36.4 Å². The van der Waals surface area contributed by atoms with E-state index in [1.54, 1.807) is 14.2 Å². The zero-order chi connectivity index (χ0) is 32.1. The minimum atomic E-state index is -0.638. The molecule has 44 heavy (non-hydrogen) atoms. The van der Waals surface area contributed by atoms with Crippen molar-refractivity contribution in [1.29, 1.82) is 0 Å². The second kappa shape index (κ2) is 9.70. The van der Waals surface area contributed by atoms with Crippen LogP contribution >= 0.6 is 0 Å². The van der Waals surface area contributed by atoms with Crippen molar-refractivity contribution in [2.75, 3.05) is 24.9 Å². The topological polar surface area (TPSA) is 117 Å². The Morgan fingerprint density at radius 3 is 1.30 bits per heavy atom. The molecule has 4 aliphatic carbocycles. The van der Waals surface area contributed by atoms with E-state index in [-0.39, 0.29) is 33.5 Å². The third-order valence-electron chi connectivity index (χ3n) is 14.0. The lowest BCUT2D eigenvalue weighted by Crippen LogP contribution is -2.43. The van der Waals surface area contributed by atoms with Gasteiger partial charge in [0, 0.05) is 0 Å². The molecule has 4 aliphatic rings. The number of ether oxygens (including phenoxy) is 2. The van der Waals surface area contributed by atoms with Crippen molar-refractivity contribution in [3.05, 3.63) is 36.4 Å². The van der Waals surface area contributed by atoms with Crippen LogP contribution in [0.2, 0.25) is 0 Å². The Morgan fingerprint density at radius 2 is 1.02 bits per heavy atom. The van der Waals surface area contributed by atoms with Crippen molar-refractivity contribution >= 4 is 23.2 Å². The fourth-order valence-corrected chi connectivity index (χ4v) is 9.69. The molecule has 8 nitrogen and oxygen atoms in total. The summed E-state index contributed by atoms with van der Waals surface area (Å²) in [5.74, 6) is 0.920. The quantitative estimate of drug-likeness (QED) is 0.291. The Morgan fingerprint density at radius 1 is 0.659 bits per heavy atom. The fourth-order valence-electron chi connectivity index (χ4n) is 9.69. The van der Waals surface area contributed by atoms with Gasteiger partial charge in [-0.25, -0.2) is 0 Å². The second-order valence-corrected chi connectivity index (χ2v) is 15.4. The number of hydrogen-bond donors (Lipinski definition) is 4. The first kappa shape index (κ1) is 30.9. The smallest absolute Gasteiger partial charge is 0.231 e. The maximum atomic E-state index is 13.8. The third kappa shape index (κ3) is 3.70. The second-order valence-electron chi connectivity index (χ2n) is 15.4. The van der Waals surface area contributed by atoms with E-state index in [0.717, 1.165) is 36.8 Å². The summed E-state index contributed by atoms with van der Waals surface area (Å²) in [5, 5.41) is 28.0. The molecule has 2 aromatic carbocycles. The molecule has 0 aromatic heterocycles. The molecule has 0 spiro atoms. The lowest BCUT2D eigenvalue weighted by molar-refractivity contribution is -0.131. The van der Waals surface area contributed by atoms with Gasteiger partial charge in [-0.2, -0.15) is 0 Å². The van der Waals surface area contributed by atoms with Crippen LogP contribution in [0.5, 0.6) is 11.5 Å². The van der Waals surface area contributed by atoms with Crippen molar-refractivity contribution in [3.63, 3.8) is 0 Å². The molecular weight excluding hydrogens is 556 g/mol. The number of fused-ring (bicyclic) bond motifs is 4. The highest BCUT2D eigenvalue weighted by Crippen LogP contribution is 2.73. The number of amides is 2. The summed E-state index contributed by atoms with van der Waals surface area (Å²) < 4.78 is 11.4. The van der Waals surface area contributed by atoms with Gasteiger partial charge >= 0.3 is 0 Å². The minimum absolute atomic E-state index is 0.0735. The number of methoxy groups -OCH3 is 2. The lowest BCUT2D eigenvalue weighted by atomic mass is 9.64. The zero-order valence-electron chi connectivity index (χ0n) is 27.4. The Kier molecular flexibility index (Phi) is 6.81. The summed E-state index contributed by atoms with van der Waals surface area (Å²) in [6, 6.07) is 11.3. The number of anilines is 2. The summed E-state index contributed by atoms with van der Waals surface area (Å²) in [5.41, 5.74) is 0.381. The van der Waals surface area contributed by atoms with Crippen LogP contribution in [0.3, 0.4) is 0 Å². The molecule has 0 heterocycles. The average molecular weight is 605 g/mol. The van der Waals surface area contributed by atoms with Crippen LogP contribution in [-0.2, 0) is 9.59 Å². The van der Waals surface area contributed by atoms with Crippen LogP contribution in [0.1, 0.15) is 80.1 Å². The van der Waals surface area contributed by atoms with Gasteiger partial charge in [0.15, 0.2) is 0 Å². The molecule has 4 bridgehead atoms. The van der Waals surface area contributed by atoms with E-state index in [1.165, 1.54) is 0 Å². The first-order valence-corrected chi connectivity index (χ1v) is 15.9. The highest BCUT2D eigenvalue weighted by molar-refractivity contribution is 5.99. The van der Waals surface area contributed by atoms with Gasteiger partial charge in [0.2, 0.25) is 11.8 Å².